The molecular weight excluding hydrogens is 773 g/mol. The number of aliphatic hydroxyl groups is 4. The maximum absolute atomic E-state index is 12.8. The van der Waals surface area contributed by atoms with Crippen LogP contribution in [0.25, 0.3) is 0 Å². The van der Waals surface area contributed by atoms with E-state index in [1.165, 1.54) is 64.2 Å². The number of carbonyl (C=O) groups excluding carboxylic acids is 2. The zero-order chi connectivity index (χ0) is 44.4. The van der Waals surface area contributed by atoms with E-state index in [0.29, 0.717) is 12.8 Å². The summed E-state index contributed by atoms with van der Waals surface area (Å²) in [6.45, 7) is 3.27. The van der Waals surface area contributed by atoms with Crippen molar-refractivity contribution in [3.63, 3.8) is 0 Å². The second-order valence-electron chi connectivity index (χ2n) is 16.2. The second kappa shape index (κ2) is 41.2. The first-order chi connectivity index (χ1) is 29.8. The fraction of sp³-hybridized carbons (Fsp3) is 0.725. The lowest BCUT2D eigenvalue weighted by molar-refractivity contribution is -0.305. The summed E-state index contributed by atoms with van der Waals surface area (Å²) in [4.78, 5) is 25.4. The van der Waals surface area contributed by atoms with E-state index in [0.717, 1.165) is 77.0 Å². The van der Waals surface area contributed by atoms with Crippen molar-refractivity contribution in [3.05, 3.63) is 72.9 Å². The minimum absolute atomic E-state index is 0.187. The van der Waals surface area contributed by atoms with Gasteiger partial charge in [0.25, 0.3) is 0 Å². The number of ether oxygens (including phenoxy) is 4. The third-order valence-electron chi connectivity index (χ3n) is 10.6. The van der Waals surface area contributed by atoms with Crippen molar-refractivity contribution in [2.45, 2.75) is 218 Å². The van der Waals surface area contributed by atoms with Gasteiger partial charge in [0.15, 0.2) is 12.4 Å². The monoisotopic (exact) mass is 859 g/mol. The van der Waals surface area contributed by atoms with Gasteiger partial charge < -0.3 is 39.4 Å². The predicted molar refractivity (Wildman–Crippen MR) is 247 cm³/mol. The number of aliphatic hydroxyl groups excluding tert-OH is 4. The minimum atomic E-state index is -1.61. The average Bonchev–Trinajstić information content (AvgIpc) is 3.26. The van der Waals surface area contributed by atoms with Crippen LogP contribution in [0.4, 0.5) is 0 Å². The molecule has 1 rings (SSSR count). The lowest BCUT2D eigenvalue weighted by Crippen LogP contribution is -2.59. The number of carbonyl (C=O) groups is 2. The fourth-order valence-corrected chi connectivity index (χ4v) is 6.80. The Morgan fingerprint density at radius 2 is 0.967 bits per heavy atom. The number of allylic oxidation sites excluding steroid dienone is 12. The van der Waals surface area contributed by atoms with Crippen LogP contribution < -0.4 is 0 Å². The first-order valence-corrected chi connectivity index (χ1v) is 24.0. The van der Waals surface area contributed by atoms with Crippen molar-refractivity contribution < 1.29 is 49.0 Å². The highest BCUT2D eigenvalue weighted by atomic mass is 16.7. The molecule has 10 heteroatoms. The predicted octanol–water partition coefficient (Wildman–Crippen LogP) is 10.8. The molecule has 0 aromatic rings. The maximum Gasteiger partial charge on any atom is 0.306 e. The molecule has 350 valence electrons. The Kier molecular flexibility index (Phi) is 37.9. The van der Waals surface area contributed by atoms with E-state index in [2.05, 4.69) is 86.8 Å². The Morgan fingerprint density at radius 1 is 0.525 bits per heavy atom. The molecule has 0 amide bonds. The summed E-state index contributed by atoms with van der Waals surface area (Å²) in [7, 11) is 0. The van der Waals surface area contributed by atoms with Crippen LogP contribution in [0.1, 0.15) is 181 Å². The molecule has 1 aliphatic heterocycles. The van der Waals surface area contributed by atoms with Crippen LogP contribution in [-0.2, 0) is 28.5 Å². The molecular formula is C51H86O10. The van der Waals surface area contributed by atoms with E-state index in [4.69, 9.17) is 18.9 Å². The van der Waals surface area contributed by atoms with Crippen molar-refractivity contribution in [1.82, 2.24) is 0 Å². The van der Waals surface area contributed by atoms with Crippen molar-refractivity contribution >= 4 is 11.9 Å². The molecule has 4 N–H and O–H groups in total. The highest BCUT2D eigenvalue weighted by molar-refractivity contribution is 5.70. The Bertz CT molecular complexity index is 1220. The van der Waals surface area contributed by atoms with Crippen LogP contribution in [0.3, 0.4) is 0 Å². The van der Waals surface area contributed by atoms with Gasteiger partial charge in [-0.1, -0.05) is 157 Å². The molecule has 1 heterocycles. The Hall–Kier alpha value is -2.86. The number of esters is 2. The topological polar surface area (TPSA) is 152 Å². The molecule has 0 saturated carbocycles. The first kappa shape index (κ1) is 56.2. The van der Waals surface area contributed by atoms with Crippen LogP contribution in [0.2, 0.25) is 0 Å². The normalized spacial score (nSPS) is 20.4. The van der Waals surface area contributed by atoms with Gasteiger partial charge in [-0.25, -0.2) is 0 Å². The summed E-state index contributed by atoms with van der Waals surface area (Å²) in [5.74, 6) is -0.853. The van der Waals surface area contributed by atoms with Crippen molar-refractivity contribution in [3.8, 4) is 0 Å². The van der Waals surface area contributed by atoms with E-state index in [1.807, 2.05) is 0 Å². The van der Waals surface area contributed by atoms with Crippen LogP contribution in [-0.4, -0.2) is 89.0 Å². The molecule has 1 fully saturated rings. The molecule has 1 aliphatic rings. The zero-order valence-corrected chi connectivity index (χ0v) is 38.1. The summed E-state index contributed by atoms with van der Waals surface area (Å²) in [6, 6.07) is 0. The number of unbranched alkanes of at least 4 members (excludes halogenated alkanes) is 16. The lowest BCUT2D eigenvalue weighted by Gasteiger charge is -2.39. The molecule has 2 unspecified atom stereocenters. The van der Waals surface area contributed by atoms with Gasteiger partial charge in [0.1, 0.15) is 31.0 Å². The summed E-state index contributed by atoms with van der Waals surface area (Å²) in [5, 5.41) is 40.1. The summed E-state index contributed by atoms with van der Waals surface area (Å²) in [5.41, 5.74) is 0. The minimum Gasteiger partial charge on any atom is -0.462 e. The van der Waals surface area contributed by atoms with E-state index >= 15 is 0 Å². The summed E-state index contributed by atoms with van der Waals surface area (Å²) < 4.78 is 22.2. The third-order valence-corrected chi connectivity index (χ3v) is 10.6. The summed E-state index contributed by atoms with van der Waals surface area (Å²) >= 11 is 0. The Labute approximate surface area is 370 Å². The molecule has 0 aromatic carbocycles. The van der Waals surface area contributed by atoms with Gasteiger partial charge >= 0.3 is 11.9 Å². The number of rotatable bonds is 39. The summed E-state index contributed by atoms with van der Waals surface area (Å²) in [6.07, 6.45) is 44.7. The van der Waals surface area contributed by atoms with Gasteiger partial charge in [-0.15, -0.1) is 0 Å². The van der Waals surface area contributed by atoms with E-state index in [-0.39, 0.29) is 26.1 Å². The maximum atomic E-state index is 12.8. The van der Waals surface area contributed by atoms with E-state index < -0.39 is 55.4 Å². The molecule has 0 aliphatic carbocycles. The average molecular weight is 859 g/mol. The SMILES string of the molecule is CC/C=C/C/C=C/C/C=C/C/C=C/C/C=C/CCCCCC(=O)O[C@H](COC(=O)CCCCCCCCC/C=C/CCCCCCCC)CO[C@@H]1O[C@H](CO)[C@H](O)C(O)C1O. The molecule has 0 spiro atoms. The van der Waals surface area contributed by atoms with Gasteiger partial charge in [0.05, 0.1) is 13.2 Å². The number of hydrogen-bond acceptors (Lipinski definition) is 10. The van der Waals surface area contributed by atoms with Gasteiger partial charge in [-0.05, 0) is 83.5 Å². The molecule has 0 radical (unpaired) electrons. The van der Waals surface area contributed by atoms with Crippen LogP contribution in [0.5, 0.6) is 0 Å². The van der Waals surface area contributed by atoms with Gasteiger partial charge in [-0.3, -0.25) is 9.59 Å². The van der Waals surface area contributed by atoms with Gasteiger partial charge in [0, 0.05) is 12.8 Å². The Morgan fingerprint density at radius 3 is 1.49 bits per heavy atom. The second-order valence-corrected chi connectivity index (χ2v) is 16.2. The fourth-order valence-electron chi connectivity index (χ4n) is 6.80. The van der Waals surface area contributed by atoms with Crippen molar-refractivity contribution in [2.75, 3.05) is 19.8 Å². The molecule has 1 saturated heterocycles. The van der Waals surface area contributed by atoms with Gasteiger partial charge in [0.2, 0.25) is 0 Å². The molecule has 0 bridgehead atoms. The highest BCUT2D eigenvalue weighted by Gasteiger charge is 2.44. The third kappa shape index (κ3) is 32.5. The van der Waals surface area contributed by atoms with Crippen molar-refractivity contribution in [1.29, 1.82) is 0 Å². The van der Waals surface area contributed by atoms with Gasteiger partial charge in [-0.2, -0.15) is 0 Å². The molecule has 61 heavy (non-hydrogen) atoms. The highest BCUT2D eigenvalue weighted by Crippen LogP contribution is 2.22. The van der Waals surface area contributed by atoms with Crippen LogP contribution in [0, 0.1) is 0 Å². The Balaban J connectivity index is 2.34. The molecule has 10 nitrogen and oxygen atoms in total. The zero-order valence-electron chi connectivity index (χ0n) is 38.1. The first-order valence-electron chi connectivity index (χ1n) is 24.0. The largest absolute Gasteiger partial charge is 0.462 e. The molecule has 6 atom stereocenters. The van der Waals surface area contributed by atoms with E-state index in [1.54, 1.807) is 0 Å². The molecule has 0 aromatic heterocycles. The van der Waals surface area contributed by atoms with Crippen LogP contribution in [0.15, 0.2) is 72.9 Å². The standard InChI is InChI=1S/C51H86O10/c1-3-5-7-9-11-13-15-17-19-21-22-24-26-28-30-32-34-36-38-40-47(54)60-44(43-59-51-50(57)49(56)48(55)45(41-52)61-51)42-58-46(53)39-37-35-33-31-29-27-25-23-20-18-16-14-12-10-8-6-4-2/h5,7,11,13,17-20,22,24,28,30,44-45,48-52,55-57H,3-4,6,8-10,12,14-16,21,23,25-27,29,31-43H2,1-2H3/b7-5+,13-11+,19-17+,20-18+,24-22+,30-28+/t44-,45-,48+,49?,50?,51-/m1/s1. The smallest absolute Gasteiger partial charge is 0.306 e. The van der Waals surface area contributed by atoms with Crippen molar-refractivity contribution in [2.24, 2.45) is 0 Å². The lowest BCUT2D eigenvalue weighted by atomic mass is 9.99. The quantitative estimate of drug-likeness (QED) is 0.0267. The van der Waals surface area contributed by atoms with Crippen LogP contribution >= 0.6 is 0 Å². The van der Waals surface area contributed by atoms with E-state index in [9.17, 15) is 30.0 Å². The number of hydrogen-bond donors (Lipinski definition) is 4.